The van der Waals surface area contributed by atoms with Crippen molar-refractivity contribution < 1.29 is 9.53 Å². The fourth-order valence-corrected chi connectivity index (χ4v) is 3.41. The van der Waals surface area contributed by atoms with Crippen LogP contribution in [0.15, 0.2) is 29.2 Å². The van der Waals surface area contributed by atoms with Gasteiger partial charge >= 0.3 is 0 Å². The summed E-state index contributed by atoms with van der Waals surface area (Å²) in [6, 6.07) is 4.90. The van der Waals surface area contributed by atoms with Crippen molar-refractivity contribution in [1.82, 2.24) is 24.9 Å². The molecule has 2 aliphatic heterocycles. The van der Waals surface area contributed by atoms with Crippen molar-refractivity contribution >= 4 is 17.4 Å². The standard InChI is InChI=1S/C18H23N7O3/c1-22-17(26)3-2-15(21-22)18(27)25-6-4-23(5-7-25)14-12-16(20-19-13-14)24-8-10-28-11-9-24/h2-3,12-13H,4-11H2,1H3. The Labute approximate surface area is 162 Å². The second-order valence-corrected chi connectivity index (χ2v) is 6.83. The summed E-state index contributed by atoms with van der Waals surface area (Å²) in [5.41, 5.74) is 1.06. The van der Waals surface area contributed by atoms with Crippen molar-refractivity contribution in [2.45, 2.75) is 0 Å². The maximum atomic E-state index is 12.7. The predicted molar refractivity (Wildman–Crippen MR) is 103 cm³/mol. The zero-order valence-corrected chi connectivity index (χ0v) is 15.8. The summed E-state index contributed by atoms with van der Waals surface area (Å²) in [7, 11) is 1.54. The van der Waals surface area contributed by atoms with E-state index in [0.29, 0.717) is 39.4 Å². The minimum absolute atomic E-state index is 0.155. The van der Waals surface area contributed by atoms with Gasteiger partial charge in [-0.3, -0.25) is 9.59 Å². The Kier molecular flexibility index (Phi) is 5.20. The molecule has 0 bridgehead atoms. The third kappa shape index (κ3) is 3.81. The number of ether oxygens (including phenoxy) is 1. The summed E-state index contributed by atoms with van der Waals surface area (Å²) in [5, 5.41) is 12.5. The average Bonchev–Trinajstić information content (AvgIpc) is 2.76. The number of carbonyl (C=O) groups excluding carboxylic acids is 1. The zero-order valence-electron chi connectivity index (χ0n) is 15.8. The SMILES string of the molecule is Cn1nc(C(=O)N2CCN(c3cnnc(N4CCOCC4)c3)CC2)ccc1=O. The van der Waals surface area contributed by atoms with Crippen molar-refractivity contribution in [3.05, 3.63) is 40.4 Å². The Hall–Kier alpha value is -3.01. The molecule has 0 aromatic carbocycles. The van der Waals surface area contributed by atoms with Crippen molar-refractivity contribution in [3.8, 4) is 0 Å². The van der Waals surface area contributed by atoms with Crippen LogP contribution in [-0.4, -0.2) is 83.3 Å². The van der Waals surface area contributed by atoms with E-state index in [1.165, 1.54) is 16.8 Å². The lowest BCUT2D eigenvalue weighted by atomic mass is 10.2. The third-order valence-corrected chi connectivity index (χ3v) is 5.07. The van der Waals surface area contributed by atoms with Crippen LogP contribution >= 0.6 is 0 Å². The minimum atomic E-state index is -0.234. The number of aryl methyl sites for hydroxylation is 1. The second kappa shape index (κ2) is 7.93. The van der Waals surface area contributed by atoms with Crippen molar-refractivity contribution in [3.63, 3.8) is 0 Å². The molecule has 4 heterocycles. The summed E-state index contributed by atoms with van der Waals surface area (Å²) in [6.45, 7) is 5.59. The molecule has 28 heavy (non-hydrogen) atoms. The Morgan fingerprint density at radius 3 is 2.50 bits per heavy atom. The van der Waals surface area contributed by atoms with Gasteiger partial charge in [0.15, 0.2) is 5.82 Å². The molecule has 0 unspecified atom stereocenters. The summed E-state index contributed by atoms with van der Waals surface area (Å²) in [5.74, 6) is 0.700. The lowest BCUT2D eigenvalue weighted by Gasteiger charge is -2.36. The van der Waals surface area contributed by atoms with Gasteiger partial charge in [-0.05, 0) is 6.07 Å². The topological polar surface area (TPSA) is 96.7 Å². The molecule has 0 spiro atoms. The van der Waals surface area contributed by atoms with Gasteiger partial charge in [0.1, 0.15) is 5.69 Å². The number of amides is 1. The first kappa shape index (κ1) is 18.4. The van der Waals surface area contributed by atoms with Crippen LogP contribution in [-0.2, 0) is 11.8 Å². The Morgan fingerprint density at radius 2 is 1.79 bits per heavy atom. The van der Waals surface area contributed by atoms with Crippen molar-refractivity contribution in [2.75, 3.05) is 62.3 Å². The molecule has 0 aliphatic carbocycles. The molecule has 1 amide bonds. The van der Waals surface area contributed by atoms with Gasteiger partial charge in [0, 0.05) is 58.4 Å². The first-order chi connectivity index (χ1) is 13.6. The summed E-state index contributed by atoms with van der Waals surface area (Å²) in [6.07, 6.45) is 1.76. The summed E-state index contributed by atoms with van der Waals surface area (Å²) >= 11 is 0. The molecule has 4 rings (SSSR count). The van der Waals surface area contributed by atoms with Crippen molar-refractivity contribution in [2.24, 2.45) is 7.05 Å². The fraction of sp³-hybridized carbons (Fsp3) is 0.500. The van der Waals surface area contributed by atoms with Crippen molar-refractivity contribution in [1.29, 1.82) is 0 Å². The molecule has 10 nitrogen and oxygen atoms in total. The van der Waals surface area contributed by atoms with E-state index >= 15 is 0 Å². The Balaban J connectivity index is 1.40. The van der Waals surface area contributed by atoms with E-state index < -0.39 is 0 Å². The molecule has 2 aromatic rings. The minimum Gasteiger partial charge on any atom is -0.378 e. The zero-order chi connectivity index (χ0) is 19.5. The van der Waals surface area contributed by atoms with Gasteiger partial charge < -0.3 is 19.4 Å². The van der Waals surface area contributed by atoms with E-state index in [-0.39, 0.29) is 17.2 Å². The molecular formula is C18H23N7O3. The summed E-state index contributed by atoms with van der Waals surface area (Å²) in [4.78, 5) is 30.3. The first-order valence-electron chi connectivity index (χ1n) is 9.36. The maximum Gasteiger partial charge on any atom is 0.274 e. The van der Waals surface area contributed by atoms with Crippen LogP contribution in [0.1, 0.15) is 10.5 Å². The number of hydrogen-bond acceptors (Lipinski definition) is 8. The molecule has 0 atom stereocenters. The lowest BCUT2D eigenvalue weighted by Crippen LogP contribution is -2.49. The van der Waals surface area contributed by atoms with Gasteiger partial charge in [0.25, 0.3) is 11.5 Å². The lowest BCUT2D eigenvalue weighted by molar-refractivity contribution is 0.0738. The first-order valence-corrected chi connectivity index (χ1v) is 9.36. The number of nitrogens with zero attached hydrogens (tertiary/aromatic N) is 7. The van der Waals surface area contributed by atoms with Gasteiger partial charge in [-0.2, -0.15) is 10.2 Å². The van der Waals surface area contributed by atoms with E-state index in [0.717, 1.165) is 24.6 Å². The molecule has 0 radical (unpaired) electrons. The number of hydrogen-bond donors (Lipinski definition) is 0. The average molecular weight is 385 g/mol. The Morgan fingerprint density at radius 1 is 1.04 bits per heavy atom. The highest BCUT2D eigenvalue weighted by molar-refractivity contribution is 5.92. The molecule has 0 N–H and O–H groups in total. The molecule has 148 valence electrons. The highest BCUT2D eigenvalue weighted by Gasteiger charge is 2.24. The number of carbonyl (C=O) groups is 1. The highest BCUT2D eigenvalue weighted by Crippen LogP contribution is 2.21. The maximum absolute atomic E-state index is 12.7. The molecule has 0 saturated carbocycles. The van der Waals surface area contributed by atoms with E-state index in [1.807, 2.05) is 6.07 Å². The second-order valence-electron chi connectivity index (χ2n) is 6.83. The van der Waals surface area contributed by atoms with Gasteiger partial charge in [-0.25, -0.2) is 4.68 Å². The van der Waals surface area contributed by atoms with Crippen LogP contribution in [0.5, 0.6) is 0 Å². The molecule has 2 saturated heterocycles. The smallest absolute Gasteiger partial charge is 0.274 e. The van der Waals surface area contributed by atoms with E-state index in [2.05, 4.69) is 25.1 Å². The molecule has 2 aromatic heterocycles. The molecule has 10 heteroatoms. The van der Waals surface area contributed by atoms with Crippen LogP contribution in [0.25, 0.3) is 0 Å². The summed E-state index contributed by atoms with van der Waals surface area (Å²) < 4.78 is 6.57. The predicted octanol–water partition coefficient (Wildman–Crippen LogP) is -0.631. The fourth-order valence-electron chi connectivity index (χ4n) is 3.41. The Bertz CT molecular complexity index is 902. The quantitative estimate of drug-likeness (QED) is 0.689. The number of aromatic nitrogens is 4. The van der Waals surface area contributed by atoms with Crippen LogP contribution in [0.3, 0.4) is 0 Å². The van der Waals surface area contributed by atoms with E-state index in [4.69, 9.17) is 4.74 Å². The van der Waals surface area contributed by atoms with Gasteiger partial charge in [-0.1, -0.05) is 0 Å². The van der Waals surface area contributed by atoms with Gasteiger partial charge in [-0.15, -0.1) is 5.10 Å². The molecule has 2 aliphatic rings. The highest BCUT2D eigenvalue weighted by atomic mass is 16.5. The normalized spacial score (nSPS) is 17.7. The van der Waals surface area contributed by atoms with Crippen LogP contribution in [0.4, 0.5) is 11.5 Å². The van der Waals surface area contributed by atoms with E-state index in [1.54, 1.807) is 18.1 Å². The number of rotatable bonds is 3. The molecule has 2 fully saturated rings. The van der Waals surface area contributed by atoms with Crippen LogP contribution in [0, 0.1) is 0 Å². The van der Waals surface area contributed by atoms with E-state index in [9.17, 15) is 9.59 Å². The third-order valence-electron chi connectivity index (χ3n) is 5.07. The van der Waals surface area contributed by atoms with Crippen LogP contribution in [0.2, 0.25) is 0 Å². The van der Waals surface area contributed by atoms with Gasteiger partial charge in [0.2, 0.25) is 0 Å². The van der Waals surface area contributed by atoms with Crippen LogP contribution < -0.4 is 15.4 Å². The number of morpholine rings is 1. The monoisotopic (exact) mass is 385 g/mol. The number of piperazine rings is 1. The van der Waals surface area contributed by atoms with Gasteiger partial charge in [0.05, 0.1) is 25.1 Å². The molecular weight excluding hydrogens is 362 g/mol. The number of anilines is 2. The largest absolute Gasteiger partial charge is 0.378 e.